The highest BCUT2D eigenvalue weighted by Gasteiger charge is 2.60. The Labute approximate surface area is 177 Å². The number of carbonyl (C=O) groups is 3. The predicted octanol–water partition coefficient (Wildman–Crippen LogP) is 3.73. The number of ketones is 1. The van der Waals surface area contributed by atoms with Crippen LogP contribution in [0.5, 0.6) is 0 Å². The molecule has 4 atom stereocenters. The highest BCUT2D eigenvalue weighted by Crippen LogP contribution is 2.61. The fourth-order valence-electron chi connectivity index (χ4n) is 6.14. The van der Waals surface area contributed by atoms with E-state index in [9.17, 15) is 19.5 Å². The molecule has 1 amide bonds. The van der Waals surface area contributed by atoms with Gasteiger partial charge in [0.2, 0.25) is 5.91 Å². The molecule has 4 aliphatic rings. The highest BCUT2D eigenvalue weighted by atomic mass is 16.5. The third-order valence-corrected chi connectivity index (χ3v) is 6.88. The summed E-state index contributed by atoms with van der Waals surface area (Å²) in [5.41, 5.74) is -0.281. The average molecular weight is 414 g/mol. The molecular weight excluding hydrogens is 382 g/mol. The monoisotopic (exact) mass is 413 g/mol. The van der Waals surface area contributed by atoms with Gasteiger partial charge in [-0.05, 0) is 80.5 Å². The van der Waals surface area contributed by atoms with Gasteiger partial charge in [0.05, 0.1) is 11.0 Å². The van der Waals surface area contributed by atoms with Gasteiger partial charge in [-0.25, -0.2) is 0 Å². The van der Waals surface area contributed by atoms with Gasteiger partial charge in [0, 0.05) is 17.7 Å². The molecule has 162 valence electrons. The first-order chi connectivity index (χ1) is 14.2. The normalized spacial score (nSPS) is 31.6. The Morgan fingerprint density at radius 2 is 1.73 bits per heavy atom. The lowest BCUT2D eigenvalue weighted by molar-refractivity contribution is -0.195. The third kappa shape index (κ3) is 4.29. The number of hydrogen-bond acceptors (Lipinski definition) is 5. The number of nitrogens with one attached hydrogen (secondary N) is 1. The Hall–Kier alpha value is -2.21. The fourth-order valence-corrected chi connectivity index (χ4v) is 6.14. The molecule has 0 aromatic heterocycles. The van der Waals surface area contributed by atoms with Gasteiger partial charge in [-0.15, -0.1) is 0 Å². The van der Waals surface area contributed by atoms with Crippen LogP contribution >= 0.6 is 0 Å². The van der Waals surface area contributed by atoms with Crippen LogP contribution < -0.4 is 5.32 Å². The number of amides is 1. The van der Waals surface area contributed by atoms with Crippen LogP contribution in [0.2, 0.25) is 0 Å². The van der Waals surface area contributed by atoms with Crippen LogP contribution in [0.4, 0.5) is 5.69 Å². The second-order valence-electron chi connectivity index (χ2n) is 10.2. The topological polar surface area (TPSA) is 92.7 Å². The van der Waals surface area contributed by atoms with Crippen molar-refractivity contribution in [2.75, 3.05) is 11.9 Å². The summed E-state index contributed by atoms with van der Waals surface area (Å²) in [6.45, 7) is 3.66. The first-order valence-corrected chi connectivity index (χ1v) is 11.0. The molecule has 30 heavy (non-hydrogen) atoms. The Bertz CT molecular complexity index is 830. The summed E-state index contributed by atoms with van der Waals surface area (Å²) in [5.74, 6) is 0.383. The van der Waals surface area contributed by atoms with Crippen molar-refractivity contribution in [2.24, 2.45) is 23.2 Å². The molecular formula is C24H31NO5. The predicted molar refractivity (Wildman–Crippen MR) is 112 cm³/mol. The maximum atomic E-state index is 12.9. The molecule has 1 aromatic carbocycles. The molecule has 4 fully saturated rings. The van der Waals surface area contributed by atoms with Gasteiger partial charge in [0.25, 0.3) is 0 Å². The molecule has 0 radical (unpaired) electrons. The van der Waals surface area contributed by atoms with Gasteiger partial charge < -0.3 is 15.2 Å². The van der Waals surface area contributed by atoms with E-state index in [4.69, 9.17) is 4.74 Å². The Kier molecular flexibility index (Phi) is 5.47. The van der Waals surface area contributed by atoms with Crippen molar-refractivity contribution in [2.45, 2.75) is 64.4 Å². The molecule has 4 saturated carbocycles. The van der Waals surface area contributed by atoms with Crippen molar-refractivity contribution in [3.05, 3.63) is 29.8 Å². The van der Waals surface area contributed by atoms with E-state index in [1.54, 1.807) is 24.3 Å². The van der Waals surface area contributed by atoms with Crippen LogP contribution in [0.15, 0.2) is 24.3 Å². The van der Waals surface area contributed by atoms with Crippen molar-refractivity contribution in [3.8, 4) is 0 Å². The van der Waals surface area contributed by atoms with Gasteiger partial charge >= 0.3 is 5.97 Å². The van der Waals surface area contributed by atoms with Crippen LogP contribution in [0.3, 0.4) is 0 Å². The quantitative estimate of drug-likeness (QED) is 0.525. The summed E-state index contributed by atoms with van der Waals surface area (Å²) in [5, 5.41) is 13.6. The molecule has 0 heterocycles. The molecule has 0 spiro atoms. The number of anilines is 1. The van der Waals surface area contributed by atoms with Crippen molar-refractivity contribution in [1.29, 1.82) is 0 Å². The number of Topliss-reactive ketones (excluding diaryl/α,β-unsaturated/α-hetero) is 1. The van der Waals surface area contributed by atoms with Gasteiger partial charge in [-0.3, -0.25) is 14.4 Å². The van der Waals surface area contributed by atoms with E-state index < -0.39 is 11.0 Å². The fraction of sp³-hybridized carbons (Fsp3) is 0.625. The summed E-state index contributed by atoms with van der Waals surface area (Å²) in [6.07, 6.45) is 5.11. The van der Waals surface area contributed by atoms with Gasteiger partial charge in [0.1, 0.15) is 0 Å². The van der Waals surface area contributed by atoms with E-state index in [1.807, 2.05) is 13.8 Å². The zero-order valence-electron chi connectivity index (χ0n) is 17.8. The Morgan fingerprint density at radius 3 is 2.30 bits per heavy atom. The van der Waals surface area contributed by atoms with E-state index in [1.165, 1.54) is 0 Å². The number of aliphatic hydroxyl groups is 1. The highest BCUT2D eigenvalue weighted by molar-refractivity contribution is 5.99. The first kappa shape index (κ1) is 21.0. The van der Waals surface area contributed by atoms with E-state index in [0.29, 0.717) is 35.9 Å². The first-order valence-electron chi connectivity index (χ1n) is 11.0. The maximum absolute atomic E-state index is 12.9. The third-order valence-electron chi connectivity index (χ3n) is 6.88. The molecule has 0 saturated heterocycles. The van der Waals surface area contributed by atoms with E-state index in [-0.39, 0.29) is 30.2 Å². The van der Waals surface area contributed by atoms with Crippen LogP contribution in [-0.2, 0) is 14.3 Å². The second kappa shape index (κ2) is 7.80. The number of benzene rings is 1. The standard InChI is InChI=1S/C24H31NO5/c1-15(2)7-21(27)25-19-5-3-18(4-6-19)20(26)13-30-22(28)23-9-16-8-17(10-23)12-24(29,11-16)14-23/h3-6,15-17,29H,7-14H2,1-2H3,(H,25,27)/t16-,17+,23?,24?. The van der Waals surface area contributed by atoms with Crippen LogP contribution in [0, 0.1) is 23.2 Å². The van der Waals surface area contributed by atoms with E-state index in [2.05, 4.69) is 5.32 Å². The zero-order valence-corrected chi connectivity index (χ0v) is 17.8. The van der Waals surface area contributed by atoms with Crippen LogP contribution in [0.1, 0.15) is 69.2 Å². The lowest BCUT2D eigenvalue weighted by Gasteiger charge is -2.58. The summed E-state index contributed by atoms with van der Waals surface area (Å²) in [7, 11) is 0. The molecule has 5 rings (SSSR count). The Morgan fingerprint density at radius 1 is 1.10 bits per heavy atom. The number of hydrogen-bond donors (Lipinski definition) is 2. The smallest absolute Gasteiger partial charge is 0.312 e. The number of carbonyl (C=O) groups excluding carboxylic acids is 3. The summed E-state index contributed by atoms with van der Waals surface area (Å²) < 4.78 is 5.46. The van der Waals surface area contributed by atoms with E-state index in [0.717, 1.165) is 32.1 Å². The minimum atomic E-state index is -0.733. The molecule has 2 unspecified atom stereocenters. The molecule has 1 aromatic rings. The molecule has 0 aliphatic heterocycles. The van der Waals surface area contributed by atoms with Crippen molar-refractivity contribution >= 4 is 23.3 Å². The van der Waals surface area contributed by atoms with Crippen LogP contribution in [-0.4, -0.2) is 35.0 Å². The molecule has 4 aliphatic carbocycles. The van der Waals surface area contributed by atoms with Crippen molar-refractivity contribution < 1.29 is 24.2 Å². The minimum Gasteiger partial charge on any atom is -0.457 e. The largest absolute Gasteiger partial charge is 0.457 e. The van der Waals surface area contributed by atoms with Gasteiger partial charge in [-0.1, -0.05) is 13.8 Å². The van der Waals surface area contributed by atoms with E-state index >= 15 is 0 Å². The van der Waals surface area contributed by atoms with Crippen molar-refractivity contribution in [3.63, 3.8) is 0 Å². The zero-order chi connectivity index (χ0) is 21.5. The molecule has 6 nitrogen and oxygen atoms in total. The van der Waals surface area contributed by atoms with Crippen LogP contribution in [0.25, 0.3) is 0 Å². The summed E-state index contributed by atoms with van der Waals surface area (Å²) in [4.78, 5) is 37.3. The van der Waals surface area contributed by atoms with Gasteiger partial charge in [-0.2, -0.15) is 0 Å². The minimum absolute atomic E-state index is 0.0600. The van der Waals surface area contributed by atoms with Crippen molar-refractivity contribution in [1.82, 2.24) is 0 Å². The number of esters is 1. The SMILES string of the molecule is CC(C)CC(=O)Nc1ccc(C(=O)COC(=O)C23C[C@@H]4C[C@@H](CC(O)(C4)C2)C3)cc1. The average Bonchev–Trinajstić information content (AvgIpc) is 2.63. The molecule has 2 N–H and O–H groups in total. The maximum Gasteiger partial charge on any atom is 0.312 e. The molecule has 6 heteroatoms. The van der Waals surface area contributed by atoms with Gasteiger partial charge in [0.15, 0.2) is 12.4 Å². The summed E-state index contributed by atoms with van der Waals surface area (Å²) >= 11 is 0. The Balaban J connectivity index is 1.32. The lowest BCUT2D eigenvalue weighted by Crippen LogP contribution is -2.58. The lowest BCUT2D eigenvalue weighted by atomic mass is 9.48. The second-order valence-corrected chi connectivity index (χ2v) is 10.2. The molecule has 4 bridgehead atoms. The number of rotatable bonds is 7. The number of ether oxygens (including phenoxy) is 1. The summed E-state index contributed by atoms with van der Waals surface area (Å²) in [6, 6.07) is 6.63.